The number of fused-ring (bicyclic) bond motifs is 1. The fourth-order valence-corrected chi connectivity index (χ4v) is 5.89. The highest BCUT2D eigenvalue weighted by molar-refractivity contribution is 7.92. The van der Waals surface area contributed by atoms with Crippen molar-refractivity contribution in [3.05, 3.63) is 88.2 Å². The number of rotatable bonds is 7. The van der Waals surface area contributed by atoms with Crippen molar-refractivity contribution in [1.82, 2.24) is 0 Å². The van der Waals surface area contributed by atoms with Crippen molar-refractivity contribution in [2.24, 2.45) is 0 Å². The molecule has 1 unspecified atom stereocenters. The topological polar surface area (TPSA) is 83.9 Å². The molecule has 3 aromatic rings. The van der Waals surface area contributed by atoms with E-state index >= 15 is 0 Å². The molecule has 1 aliphatic rings. The number of sulfonamides is 1. The summed E-state index contributed by atoms with van der Waals surface area (Å²) in [5.41, 5.74) is 0.0459. The molecule has 0 fully saturated rings. The highest BCUT2D eigenvalue weighted by Gasteiger charge is 2.37. The molecule has 1 atom stereocenters. The Morgan fingerprint density at radius 1 is 1.15 bits per heavy atom. The van der Waals surface area contributed by atoms with Crippen molar-refractivity contribution >= 4 is 44.9 Å². The van der Waals surface area contributed by atoms with E-state index in [0.29, 0.717) is 17.2 Å². The third kappa shape index (κ3) is 6.20. The predicted octanol–water partition coefficient (Wildman–Crippen LogP) is 6.88. The van der Waals surface area contributed by atoms with Gasteiger partial charge in [0, 0.05) is 12.0 Å². The SMILES string of the molecule is CC(=Cc1c(F)cccc1Cl)c1ccc2c(c1)N(S(=O)(=O)c1cccc(C(F)(F)F)c1)CC(CCC(=O)O)O2. The lowest BCUT2D eigenvalue weighted by Gasteiger charge is -2.36. The van der Waals surface area contributed by atoms with Gasteiger partial charge in [0.1, 0.15) is 17.7 Å². The van der Waals surface area contributed by atoms with Crippen LogP contribution in [0.2, 0.25) is 5.02 Å². The Kier molecular flexibility index (Phi) is 7.94. The summed E-state index contributed by atoms with van der Waals surface area (Å²) in [5.74, 6) is -1.56. The second kappa shape index (κ2) is 10.9. The molecule has 0 aliphatic carbocycles. The molecular formula is C27H22ClF4NO5S. The first-order valence-corrected chi connectivity index (χ1v) is 13.4. The Morgan fingerprint density at radius 2 is 1.87 bits per heavy atom. The minimum atomic E-state index is -4.76. The second-order valence-corrected chi connectivity index (χ2v) is 11.1. The normalized spacial score (nSPS) is 16.0. The average Bonchev–Trinajstić information content (AvgIpc) is 2.88. The number of hydrogen-bond acceptors (Lipinski definition) is 4. The molecule has 1 heterocycles. The molecule has 0 aromatic heterocycles. The highest BCUT2D eigenvalue weighted by Crippen LogP contribution is 2.41. The van der Waals surface area contributed by atoms with Crippen LogP contribution < -0.4 is 9.04 Å². The fraction of sp³-hybridized carbons (Fsp3) is 0.222. The number of halogens is 5. The van der Waals surface area contributed by atoms with Gasteiger partial charge in [0.25, 0.3) is 10.0 Å². The minimum Gasteiger partial charge on any atom is -0.486 e. The van der Waals surface area contributed by atoms with E-state index in [-0.39, 0.29) is 41.4 Å². The zero-order valence-corrected chi connectivity index (χ0v) is 21.9. The maximum absolute atomic E-state index is 14.3. The molecule has 0 saturated heterocycles. The molecule has 39 heavy (non-hydrogen) atoms. The molecular weight excluding hydrogens is 562 g/mol. The van der Waals surface area contributed by atoms with Gasteiger partial charge in [-0.3, -0.25) is 9.10 Å². The summed E-state index contributed by atoms with van der Waals surface area (Å²) in [6.45, 7) is 1.33. The monoisotopic (exact) mass is 583 g/mol. The number of aliphatic carboxylic acids is 1. The number of carboxylic acids is 1. The molecule has 12 heteroatoms. The lowest BCUT2D eigenvalue weighted by atomic mass is 10.0. The van der Waals surface area contributed by atoms with Crippen LogP contribution in [-0.4, -0.2) is 32.1 Å². The van der Waals surface area contributed by atoms with Crippen molar-refractivity contribution in [3.8, 4) is 5.75 Å². The average molecular weight is 584 g/mol. The van der Waals surface area contributed by atoms with Gasteiger partial charge in [0.2, 0.25) is 0 Å². The summed E-state index contributed by atoms with van der Waals surface area (Å²) in [7, 11) is -4.54. The molecule has 3 aromatic carbocycles. The number of anilines is 1. The van der Waals surface area contributed by atoms with Crippen molar-refractivity contribution in [1.29, 1.82) is 0 Å². The van der Waals surface area contributed by atoms with Crippen molar-refractivity contribution in [3.63, 3.8) is 0 Å². The summed E-state index contributed by atoms with van der Waals surface area (Å²) in [4.78, 5) is 10.5. The van der Waals surface area contributed by atoms with Crippen LogP contribution >= 0.6 is 11.6 Å². The van der Waals surface area contributed by atoms with Gasteiger partial charge < -0.3 is 9.84 Å². The molecule has 4 rings (SSSR count). The predicted molar refractivity (Wildman–Crippen MR) is 139 cm³/mol. The third-order valence-corrected chi connectivity index (χ3v) is 8.24. The lowest BCUT2D eigenvalue weighted by molar-refractivity contribution is -0.138. The molecule has 0 spiro atoms. The van der Waals surface area contributed by atoms with Crippen LogP contribution in [-0.2, 0) is 21.0 Å². The molecule has 0 saturated carbocycles. The fourth-order valence-electron chi connectivity index (χ4n) is 4.13. The molecule has 0 amide bonds. The molecule has 1 N–H and O–H groups in total. The van der Waals surface area contributed by atoms with E-state index in [9.17, 15) is 30.8 Å². The van der Waals surface area contributed by atoms with Gasteiger partial charge in [0.15, 0.2) is 0 Å². The number of nitrogens with zero attached hydrogens (tertiary/aromatic N) is 1. The lowest BCUT2D eigenvalue weighted by Crippen LogP contribution is -2.43. The van der Waals surface area contributed by atoms with Crippen LogP contribution in [0.3, 0.4) is 0 Å². The van der Waals surface area contributed by atoms with E-state index < -0.39 is 44.5 Å². The van der Waals surface area contributed by atoms with Gasteiger partial charge in [0.05, 0.1) is 27.7 Å². The Balaban J connectivity index is 1.81. The van der Waals surface area contributed by atoms with E-state index in [1.807, 2.05) is 0 Å². The first-order chi connectivity index (χ1) is 18.3. The Bertz CT molecular complexity index is 1540. The smallest absolute Gasteiger partial charge is 0.416 e. The van der Waals surface area contributed by atoms with Gasteiger partial charge in [-0.1, -0.05) is 29.8 Å². The molecule has 0 bridgehead atoms. The maximum Gasteiger partial charge on any atom is 0.416 e. The molecule has 1 aliphatic heterocycles. The quantitative estimate of drug-likeness (QED) is 0.242. The zero-order valence-electron chi connectivity index (χ0n) is 20.4. The van der Waals surface area contributed by atoms with Gasteiger partial charge in [-0.15, -0.1) is 0 Å². The maximum atomic E-state index is 14.3. The summed E-state index contributed by atoms with van der Waals surface area (Å²) in [5, 5.41) is 9.24. The van der Waals surface area contributed by atoms with Crippen LogP contribution in [0.15, 0.2) is 65.6 Å². The van der Waals surface area contributed by atoms with E-state index in [2.05, 4.69) is 0 Å². The van der Waals surface area contributed by atoms with Gasteiger partial charge >= 0.3 is 12.1 Å². The van der Waals surface area contributed by atoms with Crippen LogP contribution in [0.25, 0.3) is 11.6 Å². The highest BCUT2D eigenvalue weighted by atomic mass is 35.5. The Hall–Kier alpha value is -3.57. The van der Waals surface area contributed by atoms with Crippen LogP contribution in [0.1, 0.15) is 36.5 Å². The third-order valence-electron chi connectivity index (χ3n) is 6.14. The number of carbonyl (C=O) groups is 1. The number of alkyl halides is 3. The van der Waals surface area contributed by atoms with Crippen molar-refractivity contribution in [2.45, 2.75) is 36.9 Å². The first kappa shape index (κ1) is 28.4. The minimum absolute atomic E-state index is 0.0319. The number of ether oxygens (including phenoxy) is 1. The van der Waals surface area contributed by atoms with Crippen molar-refractivity contribution in [2.75, 3.05) is 10.8 Å². The number of carboxylic acid groups (broad SMARTS) is 1. The Labute approximate surface area is 227 Å². The first-order valence-electron chi connectivity index (χ1n) is 11.6. The van der Waals surface area contributed by atoms with Gasteiger partial charge in [-0.2, -0.15) is 13.2 Å². The number of allylic oxidation sites excluding steroid dienone is 1. The number of benzene rings is 3. The summed E-state index contributed by atoms with van der Waals surface area (Å²) in [6, 6.07) is 12.1. The zero-order chi connectivity index (χ0) is 28.5. The van der Waals surface area contributed by atoms with E-state index in [1.54, 1.807) is 13.0 Å². The standard InChI is InChI=1S/C27H22ClF4NO5S/c1-16(12-21-22(28)6-3-7-23(21)29)17-8-10-25-24(13-17)33(15-19(38-25)9-11-26(34)35)39(36,37)20-5-2-4-18(14-20)27(30,31)32/h2-8,10,12-14,19H,9,11,15H2,1H3,(H,34,35). The summed E-state index contributed by atoms with van der Waals surface area (Å²) < 4.78 is 88.5. The summed E-state index contributed by atoms with van der Waals surface area (Å²) >= 11 is 6.13. The van der Waals surface area contributed by atoms with Gasteiger partial charge in [-0.05, 0) is 73.0 Å². The van der Waals surface area contributed by atoms with E-state index in [4.69, 9.17) is 21.4 Å². The summed E-state index contributed by atoms with van der Waals surface area (Å²) in [6.07, 6.45) is -4.48. The van der Waals surface area contributed by atoms with Crippen LogP contribution in [0.4, 0.5) is 23.2 Å². The van der Waals surface area contributed by atoms with Crippen molar-refractivity contribution < 1.29 is 40.6 Å². The van der Waals surface area contributed by atoms with Gasteiger partial charge in [-0.25, -0.2) is 12.8 Å². The second-order valence-electron chi connectivity index (χ2n) is 8.88. The van der Waals surface area contributed by atoms with Crippen LogP contribution in [0.5, 0.6) is 5.75 Å². The largest absolute Gasteiger partial charge is 0.486 e. The van der Waals surface area contributed by atoms with Crippen LogP contribution in [0, 0.1) is 5.82 Å². The number of hydrogen-bond donors (Lipinski definition) is 1. The Morgan fingerprint density at radius 3 is 2.54 bits per heavy atom. The molecule has 0 radical (unpaired) electrons. The molecule has 6 nitrogen and oxygen atoms in total. The van der Waals surface area contributed by atoms with E-state index in [0.717, 1.165) is 22.5 Å². The van der Waals surface area contributed by atoms with E-state index in [1.165, 1.54) is 36.4 Å². The molecule has 206 valence electrons.